The number of nitrogens with zero attached hydrogens (tertiary/aromatic N) is 3. The summed E-state index contributed by atoms with van der Waals surface area (Å²) in [6, 6.07) is 6.75. The van der Waals surface area contributed by atoms with Crippen LogP contribution in [-0.4, -0.2) is 85.0 Å². The molecule has 3 aliphatic heterocycles. The second kappa shape index (κ2) is 12.3. The lowest BCUT2D eigenvalue weighted by Gasteiger charge is -2.43. The van der Waals surface area contributed by atoms with Gasteiger partial charge in [-0.2, -0.15) is 13.2 Å². The molecule has 3 heterocycles. The summed E-state index contributed by atoms with van der Waals surface area (Å²) in [6.45, 7) is 5.78. The second-order valence-electron chi connectivity index (χ2n) is 12.1. The summed E-state index contributed by atoms with van der Waals surface area (Å²) in [7, 11) is 1.41. The van der Waals surface area contributed by atoms with Crippen LogP contribution in [0.25, 0.3) is 0 Å². The number of anilines is 1. The minimum Gasteiger partial charge on any atom is -0.493 e. The molecular formula is C31H35F4N5O5. The molecule has 2 aromatic carbocycles. The largest absolute Gasteiger partial charge is 0.493 e. The fourth-order valence-electron chi connectivity index (χ4n) is 5.90. The third-order valence-electron chi connectivity index (χ3n) is 8.72. The third kappa shape index (κ3) is 6.20. The second-order valence-corrected chi connectivity index (χ2v) is 12.1. The van der Waals surface area contributed by atoms with Crippen molar-refractivity contribution in [2.75, 3.05) is 44.7 Å². The summed E-state index contributed by atoms with van der Waals surface area (Å²) in [5.74, 6) is -2.65. The van der Waals surface area contributed by atoms with Crippen molar-refractivity contribution < 1.29 is 41.5 Å². The Hall–Kier alpha value is -4.20. The molecule has 3 fully saturated rings. The van der Waals surface area contributed by atoms with E-state index in [2.05, 4.69) is 10.6 Å². The van der Waals surface area contributed by atoms with Crippen LogP contribution < -0.4 is 20.3 Å². The fourth-order valence-corrected chi connectivity index (χ4v) is 5.90. The first-order chi connectivity index (χ1) is 21.2. The van der Waals surface area contributed by atoms with E-state index in [9.17, 15) is 36.7 Å². The van der Waals surface area contributed by atoms with Crippen molar-refractivity contribution in [1.29, 1.82) is 0 Å². The smallest absolute Gasteiger partial charge is 0.416 e. The molecule has 1 atom stereocenters. The number of carbonyl (C=O) groups excluding carboxylic acids is 4. The molecular weight excluding hydrogens is 598 g/mol. The topological polar surface area (TPSA) is 111 Å². The van der Waals surface area contributed by atoms with Crippen LogP contribution in [0.3, 0.4) is 0 Å². The third-order valence-corrected chi connectivity index (χ3v) is 8.72. The molecule has 45 heavy (non-hydrogen) atoms. The predicted octanol–water partition coefficient (Wildman–Crippen LogP) is 3.66. The zero-order valence-electron chi connectivity index (χ0n) is 25.1. The molecule has 3 saturated heterocycles. The number of urea groups is 1. The van der Waals surface area contributed by atoms with Gasteiger partial charge >= 0.3 is 12.2 Å². The van der Waals surface area contributed by atoms with Gasteiger partial charge in [0, 0.05) is 44.8 Å². The molecule has 14 heteroatoms. The summed E-state index contributed by atoms with van der Waals surface area (Å²) in [6.07, 6.45) is -4.56. The normalized spacial score (nSPS) is 19.2. The number of carbonyl (C=O) groups is 4. The van der Waals surface area contributed by atoms with Crippen LogP contribution in [0, 0.1) is 17.7 Å². The molecule has 0 bridgehead atoms. The highest BCUT2D eigenvalue weighted by atomic mass is 19.4. The Morgan fingerprint density at radius 3 is 2.27 bits per heavy atom. The molecule has 0 aliphatic carbocycles. The molecule has 3 aliphatic rings. The van der Waals surface area contributed by atoms with E-state index >= 15 is 0 Å². The number of amides is 5. The number of ether oxygens (including phenoxy) is 1. The minimum atomic E-state index is -4.79. The van der Waals surface area contributed by atoms with Crippen molar-refractivity contribution in [3.63, 3.8) is 0 Å². The highest BCUT2D eigenvalue weighted by molar-refractivity contribution is 6.16. The lowest BCUT2D eigenvalue weighted by molar-refractivity contribution is -0.139. The van der Waals surface area contributed by atoms with Gasteiger partial charge in [-0.3, -0.25) is 24.2 Å². The van der Waals surface area contributed by atoms with E-state index in [1.807, 2.05) is 0 Å². The van der Waals surface area contributed by atoms with Crippen molar-refractivity contribution in [3.05, 3.63) is 59.4 Å². The number of likely N-dealkylation sites (N-methyl/N-ethyl adjacent to an activating group) is 1. The van der Waals surface area contributed by atoms with Gasteiger partial charge in [-0.05, 0) is 61.2 Å². The number of hydrogen-bond acceptors (Lipinski definition) is 6. The molecule has 10 nitrogen and oxygen atoms in total. The maximum atomic E-state index is 14.4. The zero-order chi connectivity index (χ0) is 32.7. The number of nitrogens with one attached hydrogen (secondary N) is 2. The van der Waals surface area contributed by atoms with Crippen LogP contribution in [0.2, 0.25) is 0 Å². The Balaban J connectivity index is 1.29. The van der Waals surface area contributed by atoms with Gasteiger partial charge in [-0.15, -0.1) is 0 Å². The maximum Gasteiger partial charge on any atom is 0.416 e. The Morgan fingerprint density at radius 2 is 1.71 bits per heavy atom. The zero-order valence-corrected chi connectivity index (χ0v) is 25.1. The number of alkyl halides is 3. The van der Waals surface area contributed by atoms with Gasteiger partial charge in [0.05, 0.1) is 17.7 Å². The van der Waals surface area contributed by atoms with Gasteiger partial charge < -0.3 is 20.3 Å². The van der Waals surface area contributed by atoms with E-state index in [1.165, 1.54) is 16.8 Å². The molecule has 5 amide bonds. The maximum absolute atomic E-state index is 14.4. The monoisotopic (exact) mass is 633 g/mol. The highest BCUT2D eigenvalue weighted by Crippen LogP contribution is 2.41. The number of imide groups is 1. The van der Waals surface area contributed by atoms with E-state index in [0.29, 0.717) is 42.2 Å². The molecule has 0 radical (unpaired) electrons. The summed E-state index contributed by atoms with van der Waals surface area (Å²) in [5, 5.41) is 5.59. The van der Waals surface area contributed by atoms with Crippen LogP contribution in [-0.2, 0) is 15.8 Å². The van der Waals surface area contributed by atoms with Crippen LogP contribution in [0.1, 0.15) is 42.6 Å². The van der Waals surface area contributed by atoms with Gasteiger partial charge in [-0.1, -0.05) is 13.8 Å². The summed E-state index contributed by atoms with van der Waals surface area (Å²) >= 11 is 0. The molecule has 1 spiro atoms. The molecule has 0 saturated carbocycles. The quantitative estimate of drug-likeness (QED) is 0.339. The standard InChI is InChI=1S/C31H35F4N5O5/c1-18(2)25(37-26(41)23-14-20(31(33,34)35)4-9-24(23)32)27(42)39-12-10-30(11-13-39)28(43)38(3)29(44)40(30)21-5-7-22(8-6-21)45-17-19-15-36-16-19/h4-9,14,18-19,25,36H,10-13,15-17H2,1-3H3,(H,37,41). The average molecular weight is 634 g/mol. The summed E-state index contributed by atoms with van der Waals surface area (Å²) < 4.78 is 59.7. The molecule has 2 N–H and O–H groups in total. The molecule has 1 unspecified atom stereocenters. The summed E-state index contributed by atoms with van der Waals surface area (Å²) in [5.41, 5.74) is -2.75. The van der Waals surface area contributed by atoms with Crippen molar-refractivity contribution in [2.45, 2.75) is 44.4 Å². The van der Waals surface area contributed by atoms with Crippen LogP contribution in [0.15, 0.2) is 42.5 Å². The van der Waals surface area contributed by atoms with Gasteiger partial charge in [0.2, 0.25) is 5.91 Å². The number of piperidine rings is 1. The lowest BCUT2D eigenvalue weighted by Crippen LogP contribution is -2.60. The Bertz CT molecular complexity index is 1470. The van der Waals surface area contributed by atoms with Crippen molar-refractivity contribution >= 4 is 29.4 Å². The average Bonchev–Trinajstić information content (AvgIpc) is 3.15. The van der Waals surface area contributed by atoms with Crippen molar-refractivity contribution in [1.82, 2.24) is 20.4 Å². The fraction of sp³-hybridized carbons (Fsp3) is 0.484. The first kappa shape index (κ1) is 32.2. The van der Waals surface area contributed by atoms with E-state index in [4.69, 9.17) is 4.74 Å². The van der Waals surface area contributed by atoms with Gasteiger partial charge in [0.1, 0.15) is 23.1 Å². The number of likely N-dealkylation sites (tertiary alicyclic amines) is 1. The van der Waals surface area contributed by atoms with Gasteiger partial charge in [0.15, 0.2) is 0 Å². The first-order valence-electron chi connectivity index (χ1n) is 14.8. The number of benzene rings is 2. The van der Waals surface area contributed by atoms with Crippen LogP contribution >= 0.6 is 0 Å². The first-order valence-corrected chi connectivity index (χ1v) is 14.8. The van der Waals surface area contributed by atoms with Crippen molar-refractivity contribution in [2.24, 2.45) is 11.8 Å². The Labute approximate surface area is 257 Å². The van der Waals surface area contributed by atoms with E-state index < -0.39 is 64.4 Å². The van der Waals surface area contributed by atoms with Crippen LogP contribution in [0.4, 0.5) is 28.0 Å². The van der Waals surface area contributed by atoms with E-state index in [1.54, 1.807) is 38.1 Å². The Kier molecular flexibility index (Phi) is 8.80. The van der Waals surface area contributed by atoms with Crippen molar-refractivity contribution in [3.8, 4) is 5.75 Å². The van der Waals surface area contributed by atoms with E-state index in [-0.39, 0.29) is 25.9 Å². The lowest BCUT2D eigenvalue weighted by atomic mass is 9.85. The highest BCUT2D eigenvalue weighted by Gasteiger charge is 2.58. The number of hydrogen-bond donors (Lipinski definition) is 2. The predicted molar refractivity (Wildman–Crippen MR) is 155 cm³/mol. The van der Waals surface area contributed by atoms with Gasteiger partial charge in [0.25, 0.3) is 11.8 Å². The van der Waals surface area contributed by atoms with Gasteiger partial charge in [-0.25, -0.2) is 9.18 Å². The molecule has 242 valence electrons. The SMILES string of the molecule is CC(C)C(NC(=O)c1cc(C(F)(F)F)ccc1F)C(=O)N1CCC2(CC1)C(=O)N(C)C(=O)N2c1ccc(OCC2CNC2)cc1. The molecule has 5 rings (SSSR count). The summed E-state index contributed by atoms with van der Waals surface area (Å²) in [4.78, 5) is 57.2. The van der Waals surface area contributed by atoms with E-state index in [0.717, 1.165) is 18.0 Å². The number of halogens is 4. The molecule has 0 aromatic heterocycles. The minimum absolute atomic E-state index is 0.0653. The van der Waals surface area contributed by atoms with Crippen LogP contribution in [0.5, 0.6) is 5.75 Å². The number of rotatable bonds is 8. The Morgan fingerprint density at radius 1 is 1.07 bits per heavy atom. The molecule has 2 aromatic rings.